The van der Waals surface area contributed by atoms with Crippen molar-refractivity contribution in [3.05, 3.63) is 18.0 Å². The minimum Gasteiger partial charge on any atom is -0.379 e. The molecule has 1 amide bonds. The Labute approximate surface area is 119 Å². The van der Waals surface area contributed by atoms with E-state index in [9.17, 15) is 18.0 Å². The Morgan fingerprint density at radius 1 is 1.38 bits per heavy atom. The fourth-order valence-corrected chi connectivity index (χ4v) is 1.98. The number of carbonyl (C=O) groups is 1. The Kier molecular flexibility index (Phi) is 5.18. The maximum absolute atomic E-state index is 12.4. The summed E-state index contributed by atoms with van der Waals surface area (Å²) >= 11 is 0. The summed E-state index contributed by atoms with van der Waals surface area (Å²) in [6, 6.07) is 0.848. The number of nitrogens with zero attached hydrogens (tertiary/aromatic N) is 3. The second kappa shape index (κ2) is 6.90. The molecule has 1 fully saturated rings. The van der Waals surface area contributed by atoms with Crippen molar-refractivity contribution in [2.24, 2.45) is 0 Å². The second-order valence-electron chi connectivity index (χ2n) is 4.70. The van der Waals surface area contributed by atoms with E-state index in [0.29, 0.717) is 26.3 Å². The molecule has 1 aliphatic heterocycles. The van der Waals surface area contributed by atoms with Gasteiger partial charge in [0.2, 0.25) is 5.91 Å². The average molecular weight is 306 g/mol. The third-order valence-electron chi connectivity index (χ3n) is 3.09. The summed E-state index contributed by atoms with van der Waals surface area (Å²) < 4.78 is 43.2. The van der Waals surface area contributed by atoms with E-state index in [0.717, 1.165) is 30.0 Å². The lowest BCUT2D eigenvalue weighted by atomic mass is 10.4. The molecule has 0 bridgehead atoms. The largest absolute Gasteiger partial charge is 0.435 e. The molecule has 118 valence electrons. The standard InChI is InChI=1S/C12H17F3N4O2/c13-12(14,15)10-1-3-19(17-10)9-11(20)16-2-4-18-5-7-21-8-6-18/h1,3H,2,4-9H2,(H,16,20). The molecule has 2 rings (SSSR count). The van der Waals surface area contributed by atoms with Gasteiger partial charge in [-0.15, -0.1) is 0 Å². The highest BCUT2D eigenvalue weighted by Crippen LogP contribution is 2.27. The van der Waals surface area contributed by atoms with Crippen LogP contribution in [0.25, 0.3) is 0 Å². The Bertz CT molecular complexity index is 469. The number of rotatable bonds is 5. The van der Waals surface area contributed by atoms with Gasteiger partial charge in [0.25, 0.3) is 0 Å². The molecular weight excluding hydrogens is 289 g/mol. The van der Waals surface area contributed by atoms with Crippen molar-refractivity contribution < 1.29 is 22.7 Å². The molecule has 0 aromatic carbocycles. The minimum atomic E-state index is -4.49. The van der Waals surface area contributed by atoms with Gasteiger partial charge in [0.1, 0.15) is 6.54 Å². The van der Waals surface area contributed by atoms with Crippen LogP contribution in [0.1, 0.15) is 5.69 Å². The van der Waals surface area contributed by atoms with Crippen molar-refractivity contribution in [3.63, 3.8) is 0 Å². The van der Waals surface area contributed by atoms with E-state index in [-0.39, 0.29) is 12.5 Å². The molecule has 2 heterocycles. The van der Waals surface area contributed by atoms with Crippen molar-refractivity contribution in [2.75, 3.05) is 39.4 Å². The van der Waals surface area contributed by atoms with Crippen molar-refractivity contribution in [2.45, 2.75) is 12.7 Å². The molecule has 9 heteroatoms. The number of halogens is 3. The molecule has 1 aromatic rings. The van der Waals surface area contributed by atoms with Crippen LogP contribution < -0.4 is 5.32 Å². The lowest BCUT2D eigenvalue weighted by Crippen LogP contribution is -2.41. The fourth-order valence-electron chi connectivity index (χ4n) is 1.98. The monoisotopic (exact) mass is 306 g/mol. The summed E-state index contributed by atoms with van der Waals surface area (Å²) in [6.45, 7) is 3.93. The third-order valence-corrected chi connectivity index (χ3v) is 3.09. The molecule has 1 saturated heterocycles. The zero-order valence-electron chi connectivity index (χ0n) is 11.4. The van der Waals surface area contributed by atoms with Gasteiger partial charge in [0.15, 0.2) is 5.69 Å². The zero-order chi connectivity index (χ0) is 15.3. The van der Waals surface area contributed by atoms with E-state index in [1.807, 2.05) is 0 Å². The second-order valence-corrected chi connectivity index (χ2v) is 4.70. The smallest absolute Gasteiger partial charge is 0.379 e. The van der Waals surface area contributed by atoms with Gasteiger partial charge >= 0.3 is 6.18 Å². The number of alkyl halides is 3. The summed E-state index contributed by atoms with van der Waals surface area (Å²) in [5, 5.41) is 5.99. The number of hydrogen-bond acceptors (Lipinski definition) is 4. The van der Waals surface area contributed by atoms with E-state index >= 15 is 0 Å². The summed E-state index contributed by atoms with van der Waals surface area (Å²) in [5.41, 5.74) is -0.997. The predicted octanol–water partition coefficient (Wildman–Crippen LogP) is 0.350. The highest BCUT2D eigenvalue weighted by molar-refractivity contribution is 5.75. The molecule has 0 radical (unpaired) electrons. The number of ether oxygens (including phenoxy) is 1. The summed E-state index contributed by atoms with van der Waals surface area (Å²) in [7, 11) is 0. The first-order valence-electron chi connectivity index (χ1n) is 6.62. The molecular formula is C12H17F3N4O2. The first-order chi connectivity index (χ1) is 9.95. The first kappa shape index (κ1) is 15.8. The number of hydrogen-bond donors (Lipinski definition) is 1. The Balaban J connectivity index is 1.70. The molecule has 21 heavy (non-hydrogen) atoms. The van der Waals surface area contributed by atoms with Crippen molar-refractivity contribution in [1.29, 1.82) is 0 Å². The Morgan fingerprint density at radius 2 is 2.10 bits per heavy atom. The number of amides is 1. The van der Waals surface area contributed by atoms with Gasteiger partial charge in [-0.3, -0.25) is 14.4 Å². The van der Waals surface area contributed by atoms with E-state index in [2.05, 4.69) is 15.3 Å². The minimum absolute atomic E-state index is 0.223. The normalized spacial score (nSPS) is 16.9. The molecule has 1 N–H and O–H groups in total. The molecule has 1 aromatic heterocycles. The van der Waals surface area contributed by atoms with Crippen LogP contribution in [0.4, 0.5) is 13.2 Å². The van der Waals surface area contributed by atoms with Crippen LogP contribution in [-0.4, -0.2) is 60.0 Å². The Hall–Kier alpha value is -1.61. The van der Waals surface area contributed by atoms with Crippen LogP contribution in [0, 0.1) is 0 Å². The van der Waals surface area contributed by atoms with Crippen LogP contribution in [0.3, 0.4) is 0 Å². The number of carbonyl (C=O) groups excluding carboxylic acids is 1. The topological polar surface area (TPSA) is 59.4 Å². The van der Waals surface area contributed by atoms with Gasteiger partial charge < -0.3 is 10.1 Å². The molecule has 1 aliphatic rings. The molecule has 0 atom stereocenters. The molecule has 0 aliphatic carbocycles. The lowest BCUT2D eigenvalue weighted by Gasteiger charge is -2.26. The summed E-state index contributed by atoms with van der Waals surface area (Å²) in [6.07, 6.45) is -3.34. The summed E-state index contributed by atoms with van der Waals surface area (Å²) in [5.74, 6) is -0.361. The lowest BCUT2D eigenvalue weighted by molar-refractivity contribution is -0.141. The van der Waals surface area contributed by atoms with Crippen LogP contribution in [0.15, 0.2) is 12.3 Å². The zero-order valence-corrected chi connectivity index (χ0v) is 11.4. The van der Waals surface area contributed by atoms with Gasteiger partial charge in [-0.05, 0) is 6.07 Å². The highest BCUT2D eigenvalue weighted by atomic mass is 19.4. The van der Waals surface area contributed by atoms with Crippen LogP contribution in [-0.2, 0) is 22.3 Å². The maximum atomic E-state index is 12.4. The van der Waals surface area contributed by atoms with Crippen molar-refractivity contribution in [3.8, 4) is 0 Å². The number of aromatic nitrogens is 2. The van der Waals surface area contributed by atoms with Gasteiger partial charge in [0.05, 0.1) is 13.2 Å². The van der Waals surface area contributed by atoms with Gasteiger partial charge in [-0.2, -0.15) is 18.3 Å². The average Bonchev–Trinajstić information content (AvgIpc) is 2.88. The van der Waals surface area contributed by atoms with Crippen molar-refractivity contribution >= 4 is 5.91 Å². The molecule has 6 nitrogen and oxygen atoms in total. The van der Waals surface area contributed by atoms with E-state index < -0.39 is 11.9 Å². The number of morpholine rings is 1. The third kappa shape index (κ3) is 5.01. The Morgan fingerprint density at radius 3 is 2.71 bits per heavy atom. The summed E-state index contributed by atoms with van der Waals surface area (Å²) in [4.78, 5) is 13.8. The number of nitrogens with one attached hydrogen (secondary N) is 1. The first-order valence-corrected chi connectivity index (χ1v) is 6.62. The van der Waals surface area contributed by atoms with E-state index in [1.165, 1.54) is 0 Å². The quantitative estimate of drug-likeness (QED) is 0.853. The van der Waals surface area contributed by atoms with Gasteiger partial charge in [0, 0.05) is 32.4 Å². The predicted molar refractivity (Wildman–Crippen MR) is 67.5 cm³/mol. The van der Waals surface area contributed by atoms with Gasteiger partial charge in [-0.1, -0.05) is 0 Å². The van der Waals surface area contributed by atoms with Crippen LogP contribution in [0.2, 0.25) is 0 Å². The maximum Gasteiger partial charge on any atom is 0.435 e. The van der Waals surface area contributed by atoms with Crippen LogP contribution in [0.5, 0.6) is 0 Å². The van der Waals surface area contributed by atoms with Crippen molar-refractivity contribution in [1.82, 2.24) is 20.0 Å². The SMILES string of the molecule is O=C(Cn1ccc(C(F)(F)F)n1)NCCN1CCOCC1. The van der Waals surface area contributed by atoms with Crippen LogP contribution >= 0.6 is 0 Å². The highest BCUT2D eigenvalue weighted by Gasteiger charge is 2.33. The molecule has 0 spiro atoms. The van der Waals surface area contributed by atoms with E-state index in [4.69, 9.17) is 4.74 Å². The van der Waals surface area contributed by atoms with Gasteiger partial charge in [-0.25, -0.2) is 0 Å². The van der Waals surface area contributed by atoms with E-state index in [1.54, 1.807) is 0 Å². The fraction of sp³-hybridized carbons (Fsp3) is 0.667. The molecule has 0 unspecified atom stereocenters. The molecule has 0 saturated carbocycles.